The second-order valence-corrected chi connectivity index (χ2v) is 5.03. The van der Waals surface area contributed by atoms with Gasteiger partial charge in [0, 0.05) is 15.8 Å². The fraction of sp³-hybridized carbons (Fsp3) is 0.500. The molecular formula is C10H15BrN2OS. The van der Waals surface area contributed by atoms with Gasteiger partial charge in [-0.1, -0.05) is 0 Å². The van der Waals surface area contributed by atoms with Gasteiger partial charge in [-0.05, 0) is 47.4 Å². The van der Waals surface area contributed by atoms with Gasteiger partial charge < -0.3 is 10.6 Å². The van der Waals surface area contributed by atoms with Gasteiger partial charge >= 0.3 is 0 Å². The maximum atomic E-state index is 11.4. The first-order chi connectivity index (χ1) is 7.24. The van der Waals surface area contributed by atoms with Crippen molar-refractivity contribution in [1.29, 1.82) is 0 Å². The van der Waals surface area contributed by atoms with Gasteiger partial charge in [-0.25, -0.2) is 0 Å². The van der Waals surface area contributed by atoms with Crippen LogP contribution in [0.1, 0.15) is 17.7 Å². The van der Waals surface area contributed by atoms with E-state index < -0.39 is 0 Å². The first kappa shape index (κ1) is 12.7. The molecule has 0 unspecified atom stereocenters. The lowest BCUT2D eigenvalue weighted by molar-refractivity contribution is -0.121. The van der Waals surface area contributed by atoms with Crippen molar-refractivity contribution in [1.82, 2.24) is 10.6 Å². The number of rotatable bonds is 6. The minimum atomic E-state index is 0.116. The summed E-state index contributed by atoms with van der Waals surface area (Å²) in [5.41, 5.74) is 0. The Balaban J connectivity index is 2.20. The van der Waals surface area contributed by atoms with E-state index in [9.17, 15) is 4.79 Å². The summed E-state index contributed by atoms with van der Waals surface area (Å²) in [7, 11) is 1.89. The van der Waals surface area contributed by atoms with E-state index in [0.29, 0.717) is 13.0 Å². The van der Waals surface area contributed by atoms with Crippen molar-refractivity contribution in [2.45, 2.75) is 19.4 Å². The highest BCUT2D eigenvalue weighted by Crippen LogP contribution is 2.22. The van der Waals surface area contributed by atoms with Crippen LogP contribution in [0.2, 0.25) is 0 Å². The number of carbonyl (C=O) groups excluding carboxylic acids is 1. The maximum Gasteiger partial charge on any atom is 0.220 e. The molecule has 0 fully saturated rings. The highest BCUT2D eigenvalue weighted by atomic mass is 79.9. The van der Waals surface area contributed by atoms with Gasteiger partial charge in [0.2, 0.25) is 5.91 Å². The lowest BCUT2D eigenvalue weighted by atomic mass is 10.3. The van der Waals surface area contributed by atoms with Crippen molar-refractivity contribution >= 4 is 33.2 Å². The van der Waals surface area contributed by atoms with E-state index in [1.807, 2.05) is 18.5 Å². The fourth-order valence-electron chi connectivity index (χ4n) is 1.14. The van der Waals surface area contributed by atoms with Crippen LogP contribution in [0, 0.1) is 0 Å². The van der Waals surface area contributed by atoms with Gasteiger partial charge in [-0.15, -0.1) is 11.3 Å². The molecule has 1 aromatic heterocycles. The molecule has 0 saturated heterocycles. The smallest absolute Gasteiger partial charge is 0.220 e. The molecule has 1 aromatic rings. The summed E-state index contributed by atoms with van der Waals surface area (Å²) in [6, 6.07) is 1.99. The molecule has 1 rings (SSSR count). The molecular weight excluding hydrogens is 276 g/mol. The summed E-state index contributed by atoms with van der Waals surface area (Å²) in [4.78, 5) is 12.5. The van der Waals surface area contributed by atoms with Gasteiger partial charge in [0.05, 0.1) is 6.54 Å². The van der Waals surface area contributed by atoms with Crippen LogP contribution in [-0.4, -0.2) is 19.5 Å². The molecule has 0 radical (unpaired) electrons. The average Bonchev–Trinajstić information content (AvgIpc) is 2.61. The number of amides is 1. The second-order valence-electron chi connectivity index (χ2n) is 3.18. The van der Waals surface area contributed by atoms with Crippen LogP contribution in [0.25, 0.3) is 0 Å². The molecule has 84 valence electrons. The second kappa shape index (κ2) is 6.98. The molecule has 5 heteroatoms. The van der Waals surface area contributed by atoms with Crippen LogP contribution >= 0.6 is 27.3 Å². The third-order valence-electron chi connectivity index (χ3n) is 1.97. The molecule has 0 aliphatic heterocycles. The quantitative estimate of drug-likeness (QED) is 0.788. The molecule has 0 aromatic carbocycles. The van der Waals surface area contributed by atoms with Crippen LogP contribution in [-0.2, 0) is 11.3 Å². The van der Waals surface area contributed by atoms with Gasteiger partial charge in [-0.2, -0.15) is 0 Å². The third kappa shape index (κ3) is 4.77. The van der Waals surface area contributed by atoms with Crippen LogP contribution in [0.3, 0.4) is 0 Å². The molecule has 0 spiro atoms. The Morgan fingerprint density at radius 2 is 2.40 bits per heavy atom. The summed E-state index contributed by atoms with van der Waals surface area (Å²) in [5, 5.41) is 7.92. The van der Waals surface area contributed by atoms with Gasteiger partial charge in [0.25, 0.3) is 0 Å². The van der Waals surface area contributed by atoms with E-state index in [-0.39, 0.29) is 5.91 Å². The summed E-state index contributed by atoms with van der Waals surface area (Å²) in [5.74, 6) is 0.116. The molecule has 0 saturated carbocycles. The largest absolute Gasteiger partial charge is 0.351 e. The number of nitrogens with one attached hydrogen (secondary N) is 2. The number of halogens is 1. The Labute approximate surface area is 102 Å². The highest BCUT2D eigenvalue weighted by molar-refractivity contribution is 9.10. The lowest BCUT2D eigenvalue weighted by Crippen LogP contribution is -2.23. The fourth-order valence-corrected chi connectivity index (χ4v) is 2.58. The molecule has 0 aliphatic carbocycles. The normalized spacial score (nSPS) is 10.3. The minimum absolute atomic E-state index is 0.116. The Hall–Kier alpha value is -0.390. The zero-order valence-electron chi connectivity index (χ0n) is 8.68. The standard InChI is InChI=1S/C10H15BrN2OS/c1-12-5-2-3-10(14)13-7-9-8(11)4-6-15-9/h4,6,12H,2-3,5,7H2,1H3,(H,13,14). The van der Waals surface area contributed by atoms with Crippen molar-refractivity contribution in [3.8, 4) is 0 Å². The molecule has 3 nitrogen and oxygen atoms in total. The number of thiophene rings is 1. The van der Waals surface area contributed by atoms with E-state index in [4.69, 9.17) is 0 Å². The van der Waals surface area contributed by atoms with Crippen molar-refractivity contribution in [3.05, 3.63) is 20.8 Å². The number of carbonyl (C=O) groups is 1. The van der Waals surface area contributed by atoms with Gasteiger partial charge in [-0.3, -0.25) is 4.79 Å². The van der Waals surface area contributed by atoms with E-state index in [1.54, 1.807) is 11.3 Å². The maximum absolute atomic E-state index is 11.4. The zero-order chi connectivity index (χ0) is 11.1. The monoisotopic (exact) mass is 290 g/mol. The first-order valence-corrected chi connectivity index (χ1v) is 6.54. The summed E-state index contributed by atoms with van der Waals surface area (Å²) in [6.07, 6.45) is 1.47. The molecule has 0 aliphatic rings. The van der Waals surface area contributed by atoms with Gasteiger partial charge in [0.1, 0.15) is 0 Å². The Morgan fingerprint density at radius 1 is 1.60 bits per heavy atom. The van der Waals surface area contributed by atoms with Crippen molar-refractivity contribution < 1.29 is 4.79 Å². The molecule has 0 atom stereocenters. The Kier molecular flexibility index (Phi) is 5.90. The van der Waals surface area contributed by atoms with Crippen molar-refractivity contribution in [3.63, 3.8) is 0 Å². The molecule has 1 amide bonds. The zero-order valence-corrected chi connectivity index (χ0v) is 11.1. The third-order valence-corrected chi connectivity index (χ3v) is 3.89. The average molecular weight is 291 g/mol. The molecule has 2 N–H and O–H groups in total. The number of hydrogen-bond donors (Lipinski definition) is 2. The van der Waals surface area contributed by atoms with E-state index >= 15 is 0 Å². The predicted octanol–water partition coefficient (Wildman–Crippen LogP) is 2.13. The van der Waals surface area contributed by atoms with Crippen LogP contribution in [0.15, 0.2) is 15.9 Å². The van der Waals surface area contributed by atoms with E-state index in [2.05, 4.69) is 26.6 Å². The topological polar surface area (TPSA) is 41.1 Å². The highest BCUT2D eigenvalue weighted by Gasteiger charge is 2.04. The van der Waals surface area contributed by atoms with Crippen molar-refractivity contribution in [2.24, 2.45) is 0 Å². The van der Waals surface area contributed by atoms with Crippen LogP contribution in [0.4, 0.5) is 0 Å². The lowest BCUT2D eigenvalue weighted by Gasteiger charge is -2.03. The summed E-state index contributed by atoms with van der Waals surface area (Å²) in [6.45, 7) is 1.51. The summed E-state index contributed by atoms with van der Waals surface area (Å²) >= 11 is 5.08. The van der Waals surface area contributed by atoms with E-state index in [0.717, 1.165) is 22.3 Å². The molecule has 15 heavy (non-hydrogen) atoms. The number of hydrogen-bond acceptors (Lipinski definition) is 3. The SMILES string of the molecule is CNCCCC(=O)NCc1sccc1Br. The Morgan fingerprint density at radius 3 is 3.00 bits per heavy atom. The predicted molar refractivity (Wildman–Crippen MR) is 67.0 cm³/mol. The van der Waals surface area contributed by atoms with Crippen LogP contribution < -0.4 is 10.6 Å². The van der Waals surface area contributed by atoms with Crippen molar-refractivity contribution in [2.75, 3.05) is 13.6 Å². The molecule has 0 bridgehead atoms. The summed E-state index contributed by atoms with van der Waals surface area (Å²) < 4.78 is 1.07. The van der Waals surface area contributed by atoms with E-state index in [1.165, 1.54) is 0 Å². The first-order valence-electron chi connectivity index (χ1n) is 4.87. The van der Waals surface area contributed by atoms with Crippen LogP contribution in [0.5, 0.6) is 0 Å². The molecule has 1 heterocycles. The minimum Gasteiger partial charge on any atom is -0.351 e. The Bertz CT molecular complexity index is 314. The van der Waals surface area contributed by atoms with Gasteiger partial charge in [0.15, 0.2) is 0 Å².